The second kappa shape index (κ2) is 5.98. The number of hydrogen-bond acceptors (Lipinski definition) is 1. The van der Waals surface area contributed by atoms with Crippen LogP contribution < -0.4 is 5.32 Å². The lowest BCUT2D eigenvalue weighted by molar-refractivity contribution is 0.478. The van der Waals surface area contributed by atoms with Crippen molar-refractivity contribution in [2.45, 2.75) is 32.2 Å². The zero-order valence-corrected chi connectivity index (χ0v) is 12.0. The molecule has 0 spiro atoms. The van der Waals surface area contributed by atoms with Crippen LogP contribution in [-0.2, 0) is 6.54 Å². The van der Waals surface area contributed by atoms with Crippen LogP contribution in [0.1, 0.15) is 25.7 Å². The number of halogens is 1. The van der Waals surface area contributed by atoms with Gasteiger partial charge in [-0.3, -0.25) is 0 Å². The van der Waals surface area contributed by atoms with Gasteiger partial charge in [0.25, 0.3) is 0 Å². The van der Waals surface area contributed by atoms with Gasteiger partial charge in [-0.2, -0.15) is 0 Å². The highest BCUT2D eigenvalue weighted by Crippen LogP contribution is 2.23. The predicted molar refractivity (Wildman–Crippen MR) is 81.8 cm³/mol. The van der Waals surface area contributed by atoms with E-state index >= 15 is 0 Å². The van der Waals surface area contributed by atoms with Gasteiger partial charge in [0.15, 0.2) is 0 Å². The Kier molecular flexibility index (Phi) is 4.09. The van der Waals surface area contributed by atoms with Crippen molar-refractivity contribution in [3.63, 3.8) is 0 Å². The summed E-state index contributed by atoms with van der Waals surface area (Å²) in [5.41, 5.74) is 1.27. The molecule has 1 aromatic heterocycles. The third-order valence-corrected chi connectivity index (χ3v) is 4.41. The normalized spacial score (nSPS) is 16.5. The van der Waals surface area contributed by atoms with Crippen LogP contribution in [0.15, 0.2) is 30.5 Å². The maximum absolute atomic E-state index is 6.01. The van der Waals surface area contributed by atoms with Crippen LogP contribution >= 0.6 is 11.6 Å². The molecular weight excluding hydrogens is 256 g/mol. The number of aromatic nitrogens is 1. The summed E-state index contributed by atoms with van der Waals surface area (Å²) >= 11 is 6.01. The largest absolute Gasteiger partial charge is 0.346 e. The van der Waals surface area contributed by atoms with Crippen molar-refractivity contribution in [3.05, 3.63) is 35.5 Å². The molecule has 1 N–H and O–H groups in total. The summed E-state index contributed by atoms with van der Waals surface area (Å²) in [4.78, 5) is 0. The molecule has 1 fully saturated rings. The zero-order chi connectivity index (χ0) is 13.1. The fourth-order valence-electron chi connectivity index (χ4n) is 3.09. The van der Waals surface area contributed by atoms with Gasteiger partial charge in [-0.25, -0.2) is 0 Å². The molecule has 0 bridgehead atoms. The van der Waals surface area contributed by atoms with E-state index in [1.54, 1.807) is 0 Å². The highest BCUT2D eigenvalue weighted by molar-refractivity contribution is 6.31. The van der Waals surface area contributed by atoms with Crippen LogP contribution in [0, 0.1) is 5.92 Å². The SMILES string of the molecule is Clc1ccc2c(ccn2CCNCC2CCCC2)c1. The standard InChI is InChI=1S/C16H21ClN2/c17-15-5-6-16-14(11-15)7-9-19(16)10-8-18-12-13-3-1-2-4-13/h5-7,9,11,13,18H,1-4,8,10,12H2. The molecule has 0 saturated heterocycles. The molecule has 1 saturated carbocycles. The van der Waals surface area contributed by atoms with E-state index in [0.717, 1.165) is 24.0 Å². The molecule has 1 aliphatic carbocycles. The van der Waals surface area contributed by atoms with Crippen molar-refractivity contribution in [2.75, 3.05) is 13.1 Å². The van der Waals surface area contributed by atoms with E-state index in [4.69, 9.17) is 11.6 Å². The quantitative estimate of drug-likeness (QED) is 0.815. The van der Waals surface area contributed by atoms with Gasteiger partial charge >= 0.3 is 0 Å². The number of rotatable bonds is 5. The molecule has 3 rings (SSSR count). The highest BCUT2D eigenvalue weighted by atomic mass is 35.5. The van der Waals surface area contributed by atoms with E-state index in [9.17, 15) is 0 Å². The minimum Gasteiger partial charge on any atom is -0.346 e. The Labute approximate surface area is 119 Å². The van der Waals surface area contributed by atoms with Gasteiger partial charge in [0, 0.05) is 35.2 Å². The zero-order valence-electron chi connectivity index (χ0n) is 11.2. The highest BCUT2D eigenvalue weighted by Gasteiger charge is 2.13. The molecule has 1 aliphatic rings. The van der Waals surface area contributed by atoms with Gasteiger partial charge in [0.05, 0.1) is 0 Å². The average Bonchev–Trinajstić information content (AvgIpc) is 3.03. The van der Waals surface area contributed by atoms with E-state index in [2.05, 4.69) is 28.2 Å². The van der Waals surface area contributed by atoms with Crippen molar-refractivity contribution in [1.29, 1.82) is 0 Å². The van der Waals surface area contributed by atoms with Gasteiger partial charge < -0.3 is 9.88 Å². The summed E-state index contributed by atoms with van der Waals surface area (Å²) in [6.07, 6.45) is 7.83. The first-order valence-electron chi connectivity index (χ1n) is 7.28. The number of fused-ring (bicyclic) bond motifs is 1. The molecular formula is C16H21ClN2. The molecule has 1 heterocycles. The van der Waals surface area contributed by atoms with Crippen molar-refractivity contribution in [2.24, 2.45) is 5.92 Å². The van der Waals surface area contributed by atoms with Gasteiger partial charge in [-0.05, 0) is 49.6 Å². The second-order valence-corrected chi connectivity index (χ2v) is 6.00. The number of hydrogen-bond donors (Lipinski definition) is 1. The van der Waals surface area contributed by atoms with E-state index in [1.807, 2.05) is 12.1 Å². The maximum Gasteiger partial charge on any atom is 0.0481 e. The molecule has 102 valence electrons. The average molecular weight is 277 g/mol. The Bertz CT molecular complexity index is 541. The molecule has 0 atom stereocenters. The Hall–Kier alpha value is -0.990. The molecule has 19 heavy (non-hydrogen) atoms. The monoisotopic (exact) mass is 276 g/mol. The first-order valence-corrected chi connectivity index (χ1v) is 7.66. The molecule has 2 aromatic rings. The van der Waals surface area contributed by atoms with E-state index in [-0.39, 0.29) is 0 Å². The molecule has 0 aliphatic heterocycles. The lowest BCUT2D eigenvalue weighted by Crippen LogP contribution is -2.25. The number of benzene rings is 1. The summed E-state index contributed by atoms with van der Waals surface area (Å²) in [6.45, 7) is 3.26. The smallest absolute Gasteiger partial charge is 0.0481 e. The van der Waals surface area contributed by atoms with E-state index in [0.29, 0.717) is 0 Å². The minimum absolute atomic E-state index is 0.810. The maximum atomic E-state index is 6.01. The van der Waals surface area contributed by atoms with Crippen LogP contribution in [0.25, 0.3) is 10.9 Å². The molecule has 2 nitrogen and oxygen atoms in total. The topological polar surface area (TPSA) is 17.0 Å². The Morgan fingerprint density at radius 1 is 1.21 bits per heavy atom. The van der Waals surface area contributed by atoms with Crippen molar-refractivity contribution in [1.82, 2.24) is 9.88 Å². The molecule has 0 unspecified atom stereocenters. The number of nitrogens with zero attached hydrogens (tertiary/aromatic N) is 1. The van der Waals surface area contributed by atoms with Crippen LogP contribution in [0.5, 0.6) is 0 Å². The minimum atomic E-state index is 0.810. The van der Waals surface area contributed by atoms with Gasteiger partial charge in [-0.15, -0.1) is 0 Å². The van der Waals surface area contributed by atoms with Gasteiger partial charge in [-0.1, -0.05) is 24.4 Å². The predicted octanol–water partition coefficient (Wildman–Crippen LogP) is 4.07. The second-order valence-electron chi connectivity index (χ2n) is 5.57. The summed E-state index contributed by atoms with van der Waals surface area (Å²) in [5.74, 6) is 0.917. The first kappa shape index (κ1) is 13.0. The number of nitrogens with one attached hydrogen (secondary N) is 1. The van der Waals surface area contributed by atoms with Crippen LogP contribution in [0.4, 0.5) is 0 Å². The summed E-state index contributed by atoms with van der Waals surface area (Å²) in [5, 5.41) is 5.63. The van der Waals surface area contributed by atoms with Crippen molar-refractivity contribution in [3.8, 4) is 0 Å². The van der Waals surface area contributed by atoms with Crippen molar-refractivity contribution < 1.29 is 0 Å². The summed E-state index contributed by atoms with van der Waals surface area (Å²) in [7, 11) is 0. The fraction of sp³-hybridized carbons (Fsp3) is 0.500. The lowest BCUT2D eigenvalue weighted by Gasteiger charge is -2.11. The lowest BCUT2D eigenvalue weighted by atomic mass is 10.1. The molecule has 0 radical (unpaired) electrons. The van der Waals surface area contributed by atoms with Gasteiger partial charge in [0.2, 0.25) is 0 Å². The third-order valence-electron chi connectivity index (χ3n) is 4.17. The van der Waals surface area contributed by atoms with Crippen LogP contribution in [0.3, 0.4) is 0 Å². The van der Waals surface area contributed by atoms with Crippen LogP contribution in [-0.4, -0.2) is 17.7 Å². The fourth-order valence-corrected chi connectivity index (χ4v) is 3.27. The van der Waals surface area contributed by atoms with Gasteiger partial charge in [0.1, 0.15) is 0 Å². The Balaban J connectivity index is 1.53. The third kappa shape index (κ3) is 3.13. The van der Waals surface area contributed by atoms with Crippen LogP contribution in [0.2, 0.25) is 5.02 Å². The molecule has 1 aromatic carbocycles. The Morgan fingerprint density at radius 2 is 2.05 bits per heavy atom. The van der Waals surface area contributed by atoms with Crippen molar-refractivity contribution >= 4 is 22.5 Å². The first-order chi connectivity index (χ1) is 9.33. The van der Waals surface area contributed by atoms with E-state index in [1.165, 1.54) is 43.1 Å². The summed E-state index contributed by atoms with van der Waals surface area (Å²) < 4.78 is 2.30. The van der Waals surface area contributed by atoms with E-state index < -0.39 is 0 Å². The Morgan fingerprint density at radius 3 is 2.89 bits per heavy atom. The molecule has 3 heteroatoms. The summed E-state index contributed by atoms with van der Waals surface area (Å²) in [6, 6.07) is 8.23. The molecule has 0 amide bonds.